The van der Waals surface area contributed by atoms with Crippen LogP contribution in [0.1, 0.15) is 36.2 Å². The molecule has 1 rings (SSSR count). The van der Waals surface area contributed by atoms with E-state index in [1.54, 1.807) is 6.92 Å². The van der Waals surface area contributed by atoms with E-state index in [0.29, 0.717) is 17.2 Å². The smallest absolute Gasteiger partial charge is 0.251 e. The largest absolute Gasteiger partial charge is 0.398 e. The number of carbonyl (C=O) groups is 1. The van der Waals surface area contributed by atoms with Crippen LogP contribution in [0.3, 0.4) is 0 Å². The Morgan fingerprint density at radius 2 is 2.00 bits per heavy atom. The molecule has 0 saturated carbocycles. The SMILES string of the molecule is Cc1c(N)cc(C(=O)NC(CC(C)C)CN(C)C)cc1F. The van der Waals surface area contributed by atoms with Crippen molar-refractivity contribution in [2.24, 2.45) is 5.92 Å². The number of rotatable bonds is 6. The fourth-order valence-electron chi connectivity index (χ4n) is 2.29. The summed E-state index contributed by atoms with van der Waals surface area (Å²) in [6.07, 6.45) is 0.869. The van der Waals surface area contributed by atoms with Crippen molar-refractivity contribution in [3.63, 3.8) is 0 Å². The minimum absolute atomic E-state index is 0.0260. The minimum Gasteiger partial charge on any atom is -0.398 e. The number of likely N-dealkylation sites (N-methyl/N-ethyl adjacent to an activating group) is 1. The van der Waals surface area contributed by atoms with Gasteiger partial charge >= 0.3 is 0 Å². The van der Waals surface area contributed by atoms with Crippen LogP contribution >= 0.6 is 0 Å². The van der Waals surface area contributed by atoms with Gasteiger partial charge in [0.1, 0.15) is 5.82 Å². The maximum absolute atomic E-state index is 13.7. The summed E-state index contributed by atoms with van der Waals surface area (Å²) in [5.41, 5.74) is 6.66. The Hall–Kier alpha value is -1.62. The summed E-state index contributed by atoms with van der Waals surface area (Å²) in [6, 6.07) is 2.79. The first-order valence-electron chi connectivity index (χ1n) is 7.22. The molecule has 0 aromatic heterocycles. The zero-order valence-electron chi connectivity index (χ0n) is 13.5. The highest BCUT2D eigenvalue weighted by atomic mass is 19.1. The summed E-state index contributed by atoms with van der Waals surface area (Å²) >= 11 is 0. The minimum atomic E-state index is -0.451. The molecule has 5 heteroatoms. The van der Waals surface area contributed by atoms with Gasteiger partial charge in [-0.2, -0.15) is 0 Å². The van der Waals surface area contributed by atoms with Crippen LogP contribution in [0.2, 0.25) is 0 Å². The lowest BCUT2D eigenvalue weighted by Gasteiger charge is -2.24. The molecule has 0 heterocycles. The molecule has 0 aliphatic rings. The monoisotopic (exact) mass is 295 g/mol. The Kier molecular flexibility index (Phi) is 6.15. The molecule has 0 saturated heterocycles. The average molecular weight is 295 g/mol. The number of amides is 1. The van der Waals surface area contributed by atoms with Crippen molar-refractivity contribution in [3.8, 4) is 0 Å². The van der Waals surface area contributed by atoms with E-state index < -0.39 is 5.82 Å². The number of anilines is 1. The van der Waals surface area contributed by atoms with Crippen LogP contribution in [0, 0.1) is 18.7 Å². The Balaban J connectivity index is 2.86. The fraction of sp³-hybridized carbons (Fsp3) is 0.562. The molecule has 1 atom stereocenters. The average Bonchev–Trinajstić information content (AvgIpc) is 2.33. The van der Waals surface area contributed by atoms with Crippen LogP contribution in [-0.4, -0.2) is 37.5 Å². The Bertz CT molecular complexity index is 467. The van der Waals surface area contributed by atoms with Gasteiger partial charge in [0, 0.05) is 29.4 Å². The summed E-state index contributed by atoms with van der Waals surface area (Å²) < 4.78 is 13.7. The van der Waals surface area contributed by atoms with Crippen LogP contribution in [0.4, 0.5) is 10.1 Å². The van der Waals surface area contributed by atoms with Gasteiger partial charge in [-0.15, -0.1) is 0 Å². The summed E-state index contributed by atoms with van der Waals surface area (Å²) in [6.45, 7) is 6.56. The lowest BCUT2D eigenvalue weighted by atomic mass is 10.0. The van der Waals surface area contributed by atoms with E-state index in [9.17, 15) is 9.18 Å². The zero-order valence-corrected chi connectivity index (χ0v) is 13.5. The molecule has 1 aromatic carbocycles. The van der Waals surface area contributed by atoms with Crippen molar-refractivity contribution in [3.05, 3.63) is 29.1 Å². The number of nitrogens with one attached hydrogen (secondary N) is 1. The van der Waals surface area contributed by atoms with Gasteiger partial charge in [0.25, 0.3) is 5.91 Å². The number of benzene rings is 1. The third kappa shape index (κ3) is 5.34. The maximum Gasteiger partial charge on any atom is 0.251 e. The second-order valence-electron chi connectivity index (χ2n) is 6.23. The van der Waals surface area contributed by atoms with E-state index in [2.05, 4.69) is 19.2 Å². The lowest BCUT2D eigenvalue weighted by molar-refractivity contribution is 0.0924. The standard InChI is InChI=1S/C16H26FN3O/c1-10(2)6-13(9-20(4)5)19-16(21)12-7-14(17)11(3)15(18)8-12/h7-8,10,13H,6,9,18H2,1-5H3,(H,19,21). The van der Waals surface area contributed by atoms with Crippen LogP contribution < -0.4 is 11.1 Å². The Morgan fingerprint density at radius 3 is 2.48 bits per heavy atom. The highest BCUT2D eigenvalue weighted by Crippen LogP contribution is 2.18. The number of hydrogen-bond acceptors (Lipinski definition) is 3. The summed E-state index contributed by atoms with van der Waals surface area (Å²) in [4.78, 5) is 14.3. The van der Waals surface area contributed by atoms with Crippen LogP contribution in [0.5, 0.6) is 0 Å². The van der Waals surface area contributed by atoms with E-state index in [1.165, 1.54) is 12.1 Å². The third-order valence-corrected chi connectivity index (χ3v) is 3.32. The molecule has 0 aliphatic heterocycles. The molecule has 3 N–H and O–H groups in total. The second kappa shape index (κ2) is 7.41. The number of hydrogen-bond donors (Lipinski definition) is 2. The van der Waals surface area contributed by atoms with Crippen molar-refractivity contribution in [2.75, 3.05) is 26.4 Å². The van der Waals surface area contributed by atoms with E-state index in [4.69, 9.17) is 5.73 Å². The highest BCUT2D eigenvalue weighted by Gasteiger charge is 2.17. The summed E-state index contributed by atoms with van der Waals surface area (Å²) in [5, 5.41) is 2.97. The maximum atomic E-state index is 13.7. The predicted octanol–water partition coefficient (Wildman–Crippen LogP) is 2.42. The van der Waals surface area contributed by atoms with Gasteiger partial charge in [0.15, 0.2) is 0 Å². The molecule has 1 amide bonds. The van der Waals surface area contributed by atoms with Gasteiger partial charge < -0.3 is 16.0 Å². The molecule has 0 fully saturated rings. The molecule has 4 nitrogen and oxygen atoms in total. The molecule has 1 aromatic rings. The first-order chi connectivity index (χ1) is 9.70. The van der Waals surface area contributed by atoms with Gasteiger partial charge in [-0.25, -0.2) is 4.39 Å². The molecule has 118 valence electrons. The fourth-order valence-corrected chi connectivity index (χ4v) is 2.29. The number of nitrogens with zero attached hydrogens (tertiary/aromatic N) is 1. The first kappa shape index (κ1) is 17.4. The van der Waals surface area contributed by atoms with Crippen molar-refractivity contribution < 1.29 is 9.18 Å². The quantitative estimate of drug-likeness (QED) is 0.792. The van der Waals surface area contributed by atoms with E-state index >= 15 is 0 Å². The predicted molar refractivity (Wildman–Crippen MR) is 84.8 cm³/mol. The number of halogens is 1. The van der Waals surface area contributed by atoms with Crippen LogP contribution in [-0.2, 0) is 0 Å². The highest BCUT2D eigenvalue weighted by molar-refractivity contribution is 5.95. The molecule has 0 spiro atoms. The topological polar surface area (TPSA) is 58.4 Å². The van der Waals surface area contributed by atoms with Gasteiger partial charge in [-0.05, 0) is 45.5 Å². The number of nitrogens with two attached hydrogens (primary N) is 1. The zero-order chi connectivity index (χ0) is 16.2. The van der Waals surface area contributed by atoms with Crippen molar-refractivity contribution >= 4 is 11.6 Å². The molecular formula is C16H26FN3O. The molecule has 0 radical (unpaired) electrons. The normalized spacial score (nSPS) is 12.8. The number of nitrogen functional groups attached to an aromatic ring is 1. The third-order valence-electron chi connectivity index (χ3n) is 3.32. The van der Waals surface area contributed by atoms with Gasteiger partial charge in [0.2, 0.25) is 0 Å². The van der Waals surface area contributed by atoms with E-state index in [-0.39, 0.29) is 17.5 Å². The van der Waals surface area contributed by atoms with Gasteiger partial charge in [0.05, 0.1) is 0 Å². The molecular weight excluding hydrogens is 269 g/mol. The van der Waals surface area contributed by atoms with E-state index in [0.717, 1.165) is 13.0 Å². The second-order valence-corrected chi connectivity index (χ2v) is 6.23. The molecule has 21 heavy (non-hydrogen) atoms. The van der Waals surface area contributed by atoms with E-state index in [1.807, 2.05) is 19.0 Å². The van der Waals surface area contributed by atoms with Crippen LogP contribution in [0.15, 0.2) is 12.1 Å². The Morgan fingerprint density at radius 1 is 1.38 bits per heavy atom. The van der Waals surface area contributed by atoms with Crippen LogP contribution in [0.25, 0.3) is 0 Å². The molecule has 1 unspecified atom stereocenters. The van der Waals surface area contributed by atoms with Crippen molar-refractivity contribution in [1.82, 2.24) is 10.2 Å². The molecule has 0 aliphatic carbocycles. The first-order valence-corrected chi connectivity index (χ1v) is 7.22. The summed E-state index contributed by atoms with van der Waals surface area (Å²) in [5.74, 6) is -0.267. The molecule has 0 bridgehead atoms. The summed E-state index contributed by atoms with van der Waals surface area (Å²) in [7, 11) is 3.92. The number of carbonyl (C=O) groups excluding carboxylic acids is 1. The lowest BCUT2D eigenvalue weighted by Crippen LogP contribution is -2.42. The van der Waals surface area contributed by atoms with Gasteiger partial charge in [-0.1, -0.05) is 13.8 Å². The van der Waals surface area contributed by atoms with Crippen molar-refractivity contribution in [2.45, 2.75) is 33.2 Å². The van der Waals surface area contributed by atoms with Gasteiger partial charge in [-0.3, -0.25) is 4.79 Å². The van der Waals surface area contributed by atoms with Crippen molar-refractivity contribution in [1.29, 1.82) is 0 Å². The Labute approximate surface area is 126 Å².